The van der Waals surface area contributed by atoms with E-state index in [9.17, 15) is 4.79 Å². The van der Waals surface area contributed by atoms with Gasteiger partial charge in [0.15, 0.2) is 0 Å². The summed E-state index contributed by atoms with van der Waals surface area (Å²) < 4.78 is 12.7. The molecule has 0 fully saturated rings. The van der Waals surface area contributed by atoms with E-state index in [1.165, 1.54) is 0 Å². The molecule has 2 aromatic heterocycles. The van der Waals surface area contributed by atoms with E-state index in [-0.39, 0.29) is 5.56 Å². The third kappa shape index (κ3) is 2.52. The lowest BCUT2D eigenvalue weighted by Crippen LogP contribution is -2.16. The van der Waals surface area contributed by atoms with Crippen molar-refractivity contribution in [1.82, 2.24) is 9.55 Å². The first-order chi connectivity index (χ1) is 11.6. The molecule has 3 rings (SSSR count). The fourth-order valence-corrected chi connectivity index (χ4v) is 3.03. The zero-order valence-corrected chi connectivity index (χ0v) is 14.3. The number of benzene rings is 1. The highest BCUT2D eigenvalue weighted by atomic mass is 16.5. The number of hydrogen-bond acceptors (Lipinski definition) is 4. The highest BCUT2D eigenvalue weighted by Crippen LogP contribution is 2.37. The van der Waals surface area contributed by atoms with Crippen LogP contribution in [-0.2, 0) is 13.5 Å². The Morgan fingerprint density at radius 1 is 1.12 bits per heavy atom. The number of fused-ring (bicyclic) bond motifs is 1. The van der Waals surface area contributed by atoms with Gasteiger partial charge in [0.05, 0.1) is 19.6 Å². The molecule has 5 nitrogen and oxygen atoms in total. The molecular weight excluding hydrogens is 304 g/mol. The predicted molar refractivity (Wildman–Crippen MR) is 94.9 cm³/mol. The van der Waals surface area contributed by atoms with Crippen LogP contribution in [0.15, 0.2) is 41.6 Å². The molecule has 5 heteroatoms. The normalized spacial score (nSPS) is 10.8. The van der Waals surface area contributed by atoms with Crippen LogP contribution in [0, 0.1) is 0 Å². The van der Waals surface area contributed by atoms with Crippen molar-refractivity contribution in [2.75, 3.05) is 14.2 Å². The maximum Gasteiger partial charge on any atom is 0.259 e. The van der Waals surface area contributed by atoms with Crippen molar-refractivity contribution in [2.45, 2.75) is 13.3 Å². The van der Waals surface area contributed by atoms with E-state index >= 15 is 0 Å². The second kappa shape index (κ2) is 6.35. The van der Waals surface area contributed by atoms with Crippen LogP contribution in [0.2, 0.25) is 0 Å². The number of ether oxygens (including phenoxy) is 2. The van der Waals surface area contributed by atoms with Crippen molar-refractivity contribution >= 4 is 10.8 Å². The van der Waals surface area contributed by atoms with Crippen LogP contribution < -0.4 is 15.0 Å². The quantitative estimate of drug-likeness (QED) is 0.739. The van der Waals surface area contributed by atoms with E-state index < -0.39 is 0 Å². The standard InChI is InChI=1S/C19H20N2O3/c1-5-13-17(23-3)8-12(9-18(13)24-4)16-11-21(2)19(22)15-10-20-7-6-14(15)16/h6-11H,5H2,1-4H3. The molecule has 2 heterocycles. The van der Waals surface area contributed by atoms with Gasteiger partial charge in [-0.05, 0) is 35.6 Å². The summed E-state index contributed by atoms with van der Waals surface area (Å²) in [5, 5.41) is 1.46. The summed E-state index contributed by atoms with van der Waals surface area (Å²) in [6, 6.07) is 5.83. The first kappa shape index (κ1) is 16.1. The van der Waals surface area contributed by atoms with E-state index in [1.54, 1.807) is 38.2 Å². The van der Waals surface area contributed by atoms with Crippen molar-refractivity contribution in [1.29, 1.82) is 0 Å². The zero-order valence-electron chi connectivity index (χ0n) is 14.3. The first-order valence-corrected chi connectivity index (χ1v) is 7.79. The molecule has 0 aliphatic heterocycles. The summed E-state index contributed by atoms with van der Waals surface area (Å²) in [5.74, 6) is 1.56. The molecule has 0 radical (unpaired) electrons. The summed E-state index contributed by atoms with van der Waals surface area (Å²) in [6.07, 6.45) is 5.95. The average Bonchev–Trinajstić information content (AvgIpc) is 2.63. The molecule has 0 N–H and O–H groups in total. The lowest BCUT2D eigenvalue weighted by Gasteiger charge is -2.16. The third-order valence-corrected chi connectivity index (χ3v) is 4.26. The first-order valence-electron chi connectivity index (χ1n) is 7.79. The summed E-state index contributed by atoms with van der Waals surface area (Å²) in [6.45, 7) is 2.06. The molecule has 3 aromatic rings. The minimum atomic E-state index is -0.0639. The number of methoxy groups -OCH3 is 2. The Kier molecular flexibility index (Phi) is 4.25. The molecule has 124 valence electrons. The SMILES string of the molecule is CCc1c(OC)cc(-c2cn(C)c(=O)c3cnccc23)cc1OC. The van der Waals surface area contributed by atoms with Crippen molar-refractivity contribution in [3.63, 3.8) is 0 Å². The van der Waals surface area contributed by atoms with Crippen molar-refractivity contribution in [3.05, 3.63) is 52.7 Å². The Labute approximate surface area is 140 Å². The largest absolute Gasteiger partial charge is 0.496 e. The number of aromatic nitrogens is 2. The number of aryl methyl sites for hydroxylation is 1. The van der Waals surface area contributed by atoms with Gasteiger partial charge in [0, 0.05) is 36.8 Å². The van der Waals surface area contributed by atoms with Crippen molar-refractivity contribution in [3.8, 4) is 22.6 Å². The molecule has 0 atom stereocenters. The number of rotatable bonds is 4. The van der Waals surface area contributed by atoms with Gasteiger partial charge in [-0.1, -0.05) is 6.92 Å². The Balaban J connectivity index is 2.36. The van der Waals surface area contributed by atoms with Gasteiger partial charge in [0.1, 0.15) is 11.5 Å². The van der Waals surface area contributed by atoms with Crippen LogP contribution in [0.3, 0.4) is 0 Å². The molecule has 0 aliphatic rings. The maximum absolute atomic E-state index is 12.3. The summed E-state index contributed by atoms with van der Waals surface area (Å²) >= 11 is 0. The van der Waals surface area contributed by atoms with E-state index in [2.05, 4.69) is 11.9 Å². The Morgan fingerprint density at radius 2 is 1.79 bits per heavy atom. The smallest absolute Gasteiger partial charge is 0.259 e. The van der Waals surface area contributed by atoms with Crippen LogP contribution in [0.1, 0.15) is 12.5 Å². The van der Waals surface area contributed by atoms with Crippen LogP contribution in [-0.4, -0.2) is 23.8 Å². The van der Waals surface area contributed by atoms with Crippen molar-refractivity contribution in [2.24, 2.45) is 7.05 Å². The van der Waals surface area contributed by atoms with Gasteiger partial charge in [-0.15, -0.1) is 0 Å². The second-order valence-corrected chi connectivity index (χ2v) is 5.59. The fraction of sp³-hybridized carbons (Fsp3) is 0.263. The van der Waals surface area contributed by atoms with Gasteiger partial charge >= 0.3 is 0 Å². The number of nitrogens with zero attached hydrogens (tertiary/aromatic N) is 2. The Hall–Kier alpha value is -2.82. The van der Waals surface area contributed by atoms with Gasteiger partial charge in [-0.3, -0.25) is 9.78 Å². The van der Waals surface area contributed by atoms with Gasteiger partial charge in [0.2, 0.25) is 0 Å². The maximum atomic E-state index is 12.3. The lowest BCUT2D eigenvalue weighted by molar-refractivity contribution is 0.386. The molecule has 0 saturated heterocycles. The van der Waals surface area contributed by atoms with Crippen LogP contribution in [0.5, 0.6) is 11.5 Å². The van der Waals surface area contributed by atoms with E-state index in [1.807, 2.05) is 24.4 Å². The molecule has 0 aliphatic carbocycles. The molecule has 24 heavy (non-hydrogen) atoms. The predicted octanol–water partition coefficient (Wildman–Crippen LogP) is 3.18. The molecule has 1 aromatic carbocycles. The molecule has 0 unspecified atom stereocenters. The van der Waals surface area contributed by atoms with E-state index in [0.717, 1.165) is 40.0 Å². The summed E-state index contributed by atoms with van der Waals surface area (Å²) in [5.41, 5.74) is 2.84. The topological polar surface area (TPSA) is 53.4 Å². The minimum Gasteiger partial charge on any atom is -0.496 e. The van der Waals surface area contributed by atoms with E-state index in [0.29, 0.717) is 5.39 Å². The molecule has 0 spiro atoms. The average molecular weight is 324 g/mol. The second-order valence-electron chi connectivity index (χ2n) is 5.59. The van der Waals surface area contributed by atoms with Gasteiger partial charge in [-0.2, -0.15) is 0 Å². The number of pyridine rings is 2. The van der Waals surface area contributed by atoms with Gasteiger partial charge < -0.3 is 14.0 Å². The van der Waals surface area contributed by atoms with Gasteiger partial charge in [-0.25, -0.2) is 0 Å². The van der Waals surface area contributed by atoms with Crippen LogP contribution in [0.4, 0.5) is 0 Å². The Morgan fingerprint density at radius 3 is 2.38 bits per heavy atom. The van der Waals surface area contributed by atoms with Gasteiger partial charge in [0.25, 0.3) is 5.56 Å². The lowest BCUT2D eigenvalue weighted by atomic mass is 9.98. The Bertz CT molecular complexity index is 935. The summed E-state index contributed by atoms with van der Waals surface area (Å²) in [4.78, 5) is 16.4. The highest BCUT2D eigenvalue weighted by Gasteiger charge is 2.15. The van der Waals surface area contributed by atoms with Crippen LogP contribution in [0.25, 0.3) is 21.9 Å². The number of hydrogen-bond donors (Lipinski definition) is 0. The zero-order chi connectivity index (χ0) is 17.3. The molecule has 0 bridgehead atoms. The van der Waals surface area contributed by atoms with Crippen LogP contribution >= 0.6 is 0 Å². The van der Waals surface area contributed by atoms with E-state index in [4.69, 9.17) is 9.47 Å². The molecular formula is C19H20N2O3. The third-order valence-electron chi connectivity index (χ3n) is 4.26. The van der Waals surface area contributed by atoms with Crippen molar-refractivity contribution < 1.29 is 9.47 Å². The summed E-state index contributed by atoms with van der Waals surface area (Å²) in [7, 11) is 5.05. The highest BCUT2D eigenvalue weighted by molar-refractivity contribution is 5.95. The molecule has 0 amide bonds. The monoisotopic (exact) mass is 324 g/mol. The fourth-order valence-electron chi connectivity index (χ4n) is 3.03. The minimum absolute atomic E-state index is 0.0639. The molecule has 0 saturated carbocycles.